The molecule has 2 N–H and O–H groups in total. The molecule has 0 unspecified atom stereocenters. The van der Waals surface area contributed by atoms with E-state index in [4.69, 9.17) is 5.73 Å². The maximum Gasteiger partial charge on any atom is 0.180 e. The minimum atomic E-state index is 0.530. The first-order valence-corrected chi connectivity index (χ1v) is 5.80. The maximum absolute atomic E-state index is 5.83. The molecule has 0 bridgehead atoms. The molecule has 0 aromatic carbocycles. The fraction of sp³-hybridized carbons (Fsp3) is 0.308. The van der Waals surface area contributed by atoms with Gasteiger partial charge in [0.1, 0.15) is 11.5 Å². The number of aromatic nitrogens is 3. The topological polar surface area (TPSA) is 64.7 Å². The van der Waals surface area contributed by atoms with E-state index in [2.05, 4.69) is 15.0 Å². The number of pyridine rings is 1. The fourth-order valence-electron chi connectivity index (χ4n) is 1.90. The summed E-state index contributed by atoms with van der Waals surface area (Å²) in [7, 11) is 0. The number of nitrogens with two attached hydrogens (primary N) is 1. The lowest BCUT2D eigenvalue weighted by atomic mass is 10.2. The van der Waals surface area contributed by atoms with Gasteiger partial charge in [-0.25, -0.2) is 9.97 Å². The summed E-state index contributed by atoms with van der Waals surface area (Å²) in [5, 5.41) is 0. The van der Waals surface area contributed by atoms with Crippen LogP contribution in [0.4, 0.5) is 5.82 Å². The second-order valence-corrected chi connectivity index (χ2v) is 4.48. The van der Waals surface area contributed by atoms with Gasteiger partial charge in [0.15, 0.2) is 5.82 Å². The molecule has 4 nitrogen and oxygen atoms in total. The number of nitrogen functional groups attached to an aromatic ring is 1. The molecule has 86 valence electrons. The van der Waals surface area contributed by atoms with E-state index in [-0.39, 0.29) is 0 Å². The molecule has 2 heterocycles. The average Bonchev–Trinajstić information content (AvgIpc) is 3.12. The zero-order valence-electron chi connectivity index (χ0n) is 9.72. The minimum absolute atomic E-state index is 0.530. The van der Waals surface area contributed by atoms with Crippen LogP contribution in [-0.2, 0) is 0 Å². The first kappa shape index (κ1) is 10.2. The quantitative estimate of drug-likeness (QED) is 0.853. The van der Waals surface area contributed by atoms with Crippen LogP contribution >= 0.6 is 0 Å². The third kappa shape index (κ3) is 1.98. The normalized spacial score (nSPS) is 14.9. The predicted octanol–water partition coefficient (Wildman–Crippen LogP) is 2.31. The molecule has 0 aliphatic heterocycles. The highest BCUT2D eigenvalue weighted by Crippen LogP contribution is 2.39. The third-order valence-electron chi connectivity index (χ3n) is 2.98. The van der Waals surface area contributed by atoms with Crippen molar-refractivity contribution in [2.75, 3.05) is 5.73 Å². The Bertz CT molecular complexity index is 561. The van der Waals surface area contributed by atoms with Crippen LogP contribution in [0.2, 0.25) is 0 Å². The van der Waals surface area contributed by atoms with Gasteiger partial charge in [0.2, 0.25) is 0 Å². The lowest BCUT2D eigenvalue weighted by Gasteiger charge is -2.06. The molecule has 17 heavy (non-hydrogen) atoms. The molecule has 2 aromatic heterocycles. The largest absolute Gasteiger partial charge is 0.384 e. The molecule has 0 spiro atoms. The van der Waals surface area contributed by atoms with Crippen molar-refractivity contribution in [2.45, 2.75) is 25.7 Å². The lowest BCUT2D eigenvalue weighted by Crippen LogP contribution is -2.01. The summed E-state index contributed by atoms with van der Waals surface area (Å²) in [6.07, 6.45) is 4.17. The highest BCUT2D eigenvalue weighted by molar-refractivity contribution is 5.56. The molecule has 1 aliphatic carbocycles. The van der Waals surface area contributed by atoms with Crippen LogP contribution in [0.3, 0.4) is 0 Å². The molecule has 1 saturated carbocycles. The molecule has 1 fully saturated rings. The van der Waals surface area contributed by atoms with Crippen LogP contribution in [0, 0.1) is 6.92 Å². The molecular formula is C13H14N4. The van der Waals surface area contributed by atoms with E-state index in [0.717, 1.165) is 17.0 Å². The van der Waals surface area contributed by atoms with E-state index in [9.17, 15) is 0 Å². The van der Waals surface area contributed by atoms with E-state index in [1.807, 2.05) is 25.1 Å². The summed E-state index contributed by atoms with van der Waals surface area (Å²) in [4.78, 5) is 13.2. The molecule has 0 radical (unpaired) electrons. The van der Waals surface area contributed by atoms with Crippen LogP contribution < -0.4 is 5.73 Å². The highest BCUT2D eigenvalue weighted by atomic mass is 15.0. The van der Waals surface area contributed by atoms with E-state index in [0.29, 0.717) is 17.6 Å². The van der Waals surface area contributed by atoms with Crippen molar-refractivity contribution in [2.24, 2.45) is 0 Å². The Labute approximate surface area is 99.9 Å². The zero-order valence-corrected chi connectivity index (χ0v) is 9.72. The number of nitrogens with zero attached hydrogens (tertiary/aromatic N) is 3. The van der Waals surface area contributed by atoms with Gasteiger partial charge in [-0.15, -0.1) is 0 Å². The maximum atomic E-state index is 5.83. The van der Waals surface area contributed by atoms with Gasteiger partial charge < -0.3 is 5.73 Å². The number of anilines is 1. The SMILES string of the molecule is Cc1cccnc1-c1nc(N)cc(C2CC2)n1. The Morgan fingerprint density at radius 3 is 2.82 bits per heavy atom. The van der Waals surface area contributed by atoms with E-state index in [1.165, 1.54) is 12.8 Å². The van der Waals surface area contributed by atoms with Crippen molar-refractivity contribution >= 4 is 5.82 Å². The molecular weight excluding hydrogens is 212 g/mol. The van der Waals surface area contributed by atoms with Gasteiger partial charge in [-0.3, -0.25) is 4.98 Å². The molecule has 0 atom stereocenters. The molecule has 1 aliphatic rings. The number of rotatable bonds is 2. The molecule has 2 aromatic rings. The van der Waals surface area contributed by atoms with Crippen molar-refractivity contribution < 1.29 is 0 Å². The number of aryl methyl sites for hydroxylation is 1. The van der Waals surface area contributed by atoms with Crippen molar-refractivity contribution in [3.63, 3.8) is 0 Å². The van der Waals surface area contributed by atoms with Crippen molar-refractivity contribution in [3.8, 4) is 11.5 Å². The number of hydrogen-bond acceptors (Lipinski definition) is 4. The van der Waals surface area contributed by atoms with E-state index < -0.39 is 0 Å². The monoisotopic (exact) mass is 226 g/mol. The molecule has 3 rings (SSSR count). The Morgan fingerprint density at radius 2 is 2.12 bits per heavy atom. The molecule has 0 saturated heterocycles. The molecule has 4 heteroatoms. The fourth-order valence-corrected chi connectivity index (χ4v) is 1.90. The Morgan fingerprint density at radius 1 is 1.29 bits per heavy atom. The van der Waals surface area contributed by atoms with Crippen molar-refractivity contribution in [1.29, 1.82) is 0 Å². The Balaban J connectivity index is 2.11. The first-order valence-electron chi connectivity index (χ1n) is 5.80. The second kappa shape index (κ2) is 3.80. The van der Waals surface area contributed by atoms with Gasteiger partial charge in [0, 0.05) is 23.9 Å². The second-order valence-electron chi connectivity index (χ2n) is 4.48. The highest BCUT2D eigenvalue weighted by Gasteiger charge is 2.26. The van der Waals surface area contributed by atoms with E-state index >= 15 is 0 Å². The van der Waals surface area contributed by atoms with Crippen molar-refractivity contribution in [3.05, 3.63) is 35.7 Å². The van der Waals surface area contributed by atoms with Gasteiger partial charge in [-0.05, 0) is 31.4 Å². The predicted molar refractivity (Wildman–Crippen MR) is 66.4 cm³/mol. The number of hydrogen-bond donors (Lipinski definition) is 1. The summed E-state index contributed by atoms with van der Waals surface area (Å²) in [5.74, 6) is 1.75. The van der Waals surface area contributed by atoms with Crippen LogP contribution in [0.25, 0.3) is 11.5 Å². The summed E-state index contributed by atoms with van der Waals surface area (Å²) < 4.78 is 0. The van der Waals surface area contributed by atoms with Gasteiger partial charge >= 0.3 is 0 Å². The van der Waals surface area contributed by atoms with Crippen LogP contribution in [0.15, 0.2) is 24.4 Å². The molecule has 0 amide bonds. The summed E-state index contributed by atoms with van der Waals surface area (Å²) in [6, 6.07) is 5.79. The van der Waals surface area contributed by atoms with Gasteiger partial charge in [0.05, 0.1) is 0 Å². The van der Waals surface area contributed by atoms with Gasteiger partial charge in [-0.2, -0.15) is 0 Å². The average molecular weight is 226 g/mol. The van der Waals surface area contributed by atoms with Crippen LogP contribution in [0.1, 0.15) is 30.0 Å². The summed E-state index contributed by atoms with van der Waals surface area (Å²) >= 11 is 0. The zero-order chi connectivity index (χ0) is 11.8. The Hall–Kier alpha value is -1.97. The summed E-state index contributed by atoms with van der Waals surface area (Å²) in [6.45, 7) is 2.01. The van der Waals surface area contributed by atoms with Gasteiger partial charge in [-0.1, -0.05) is 6.07 Å². The smallest absolute Gasteiger partial charge is 0.180 e. The third-order valence-corrected chi connectivity index (χ3v) is 2.98. The standard InChI is InChI=1S/C13H14N4/c1-8-3-2-6-15-12(8)13-16-10(9-4-5-9)7-11(14)17-13/h2-3,6-7,9H,4-5H2,1H3,(H2,14,16,17). The summed E-state index contributed by atoms with van der Waals surface area (Å²) in [5.41, 5.74) is 8.78. The van der Waals surface area contributed by atoms with Crippen molar-refractivity contribution in [1.82, 2.24) is 15.0 Å². The van der Waals surface area contributed by atoms with E-state index in [1.54, 1.807) is 6.20 Å². The van der Waals surface area contributed by atoms with Crippen LogP contribution in [0.5, 0.6) is 0 Å². The Kier molecular flexibility index (Phi) is 2.28. The lowest BCUT2D eigenvalue weighted by molar-refractivity contribution is 0.989. The van der Waals surface area contributed by atoms with Crippen LogP contribution in [-0.4, -0.2) is 15.0 Å². The van der Waals surface area contributed by atoms with Gasteiger partial charge in [0.25, 0.3) is 0 Å². The minimum Gasteiger partial charge on any atom is -0.384 e. The first-order chi connectivity index (χ1) is 8.24.